The second kappa shape index (κ2) is 9.20. The Morgan fingerprint density at radius 1 is 1.18 bits per heavy atom. The number of hydrogen-bond donors (Lipinski definition) is 1. The highest BCUT2D eigenvalue weighted by atomic mass is 32.2. The second-order valence-electron chi connectivity index (χ2n) is 5.80. The number of hydrogen-bond acceptors (Lipinski definition) is 6. The quantitative estimate of drug-likeness (QED) is 0.572. The maximum Gasteiger partial charge on any atom is 0.407 e. The van der Waals surface area contributed by atoms with E-state index >= 15 is 0 Å². The smallest absolute Gasteiger partial charge is 0.407 e. The molecule has 0 aromatic heterocycles. The van der Waals surface area contributed by atoms with Crippen LogP contribution in [0.25, 0.3) is 0 Å². The van der Waals surface area contributed by atoms with Crippen molar-refractivity contribution in [1.29, 1.82) is 0 Å². The van der Waals surface area contributed by atoms with Crippen LogP contribution < -0.4 is 4.72 Å². The molecule has 0 aliphatic heterocycles. The van der Waals surface area contributed by atoms with Crippen LogP contribution in [0.5, 0.6) is 0 Å². The first-order valence-corrected chi connectivity index (χ1v) is 10.9. The van der Waals surface area contributed by atoms with Crippen LogP contribution >= 0.6 is 0 Å². The number of ether oxygens (including phenoxy) is 1. The largest absolute Gasteiger partial charge is 0.466 e. The lowest BCUT2D eigenvalue weighted by Crippen LogP contribution is -2.45. The summed E-state index contributed by atoms with van der Waals surface area (Å²) in [5.74, 6) is -1.31. The number of halogens is 3. The number of alkyl halides is 3. The molecule has 8 nitrogen and oxygen atoms in total. The van der Waals surface area contributed by atoms with Crippen LogP contribution in [0.2, 0.25) is 0 Å². The molecule has 0 spiro atoms. The van der Waals surface area contributed by atoms with Crippen LogP contribution in [-0.2, 0) is 36.1 Å². The van der Waals surface area contributed by atoms with Gasteiger partial charge in [0.05, 0.1) is 17.9 Å². The Kier molecular flexibility index (Phi) is 8.00. The summed E-state index contributed by atoms with van der Waals surface area (Å²) in [4.78, 5) is 11.1. The first-order valence-electron chi connectivity index (χ1n) is 7.94. The Balaban J connectivity index is 3.15. The number of rotatable bonds is 9. The zero-order valence-corrected chi connectivity index (χ0v) is 17.0. The third-order valence-electron chi connectivity index (χ3n) is 3.59. The highest BCUT2D eigenvalue weighted by molar-refractivity contribution is 7.90. The average molecular weight is 446 g/mol. The average Bonchev–Trinajstić information content (AvgIpc) is 2.57. The number of nitrogens with one attached hydrogen (secondary N) is 1. The van der Waals surface area contributed by atoms with Crippen molar-refractivity contribution in [2.75, 3.05) is 20.7 Å². The fraction of sp³-hybridized carbons (Fsp3) is 0.533. The Morgan fingerprint density at radius 3 is 2.25 bits per heavy atom. The van der Waals surface area contributed by atoms with Gasteiger partial charge in [0, 0.05) is 20.6 Å². The van der Waals surface area contributed by atoms with Crippen LogP contribution in [0, 0.1) is 0 Å². The molecule has 0 aliphatic rings. The summed E-state index contributed by atoms with van der Waals surface area (Å²) in [5, 5.41) is -3.03. The Bertz CT molecular complexity index is 899. The summed E-state index contributed by atoms with van der Waals surface area (Å²) in [6.07, 6.45) is -6.64. The van der Waals surface area contributed by atoms with Gasteiger partial charge in [0.15, 0.2) is 5.25 Å². The van der Waals surface area contributed by atoms with E-state index in [0.29, 0.717) is 0 Å². The first-order chi connectivity index (χ1) is 12.7. The molecular formula is C15H21F3N2O6S2. The molecule has 1 aromatic rings. The Labute approximate surface area is 161 Å². The van der Waals surface area contributed by atoms with Gasteiger partial charge in [-0.2, -0.15) is 13.2 Å². The molecular weight excluding hydrogens is 425 g/mol. The van der Waals surface area contributed by atoms with E-state index in [1.807, 2.05) is 0 Å². The molecule has 1 aromatic carbocycles. The molecule has 0 bridgehead atoms. The standard InChI is InChI=1S/C15H21F3N2O6S2/c1-4-26-14(21)9-13(15(16,17)18)27(22,23)19-10-11-7-5-6-8-12(11)28(24,25)20(2)3/h5-8,13,19H,4,9-10H2,1-3H3/t13-/m1/s1. The molecule has 1 atom stereocenters. The molecule has 0 aliphatic carbocycles. The van der Waals surface area contributed by atoms with E-state index in [0.717, 1.165) is 4.31 Å². The van der Waals surface area contributed by atoms with E-state index in [1.54, 1.807) is 4.72 Å². The van der Waals surface area contributed by atoms with Gasteiger partial charge in [0.25, 0.3) is 0 Å². The first kappa shape index (κ1) is 24.3. The van der Waals surface area contributed by atoms with Gasteiger partial charge in [-0.3, -0.25) is 4.79 Å². The zero-order chi connectivity index (χ0) is 21.8. The summed E-state index contributed by atoms with van der Waals surface area (Å²) in [6.45, 7) is 0.461. The van der Waals surface area contributed by atoms with Crippen molar-refractivity contribution in [3.8, 4) is 0 Å². The number of carbonyl (C=O) groups is 1. The van der Waals surface area contributed by atoms with Gasteiger partial charge in [-0.25, -0.2) is 25.9 Å². The molecule has 0 saturated heterocycles. The van der Waals surface area contributed by atoms with E-state index in [9.17, 15) is 34.8 Å². The maximum atomic E-state index is 13.2. The predicted octanol–water partition coefficient (Wildman–Crippen LogP) is 1.24. The molecule has 0 saturated carbocycles. The SMILES string of the molecule is CCOC(=O)C[C@H](C(F)(F)F)S(=O)(=O)NCc1ccccc1S(=O)(=O)N(C)C. The number of sulfonamides is 2. The minimum Gasteiger partial charge on any atom is -0.466 e. The Hall–Kier alpha value is -1.70. The lowest BCUT2D eigenvalue weighted by atomic mass is 10.2. The van der Waals surface area contributed by atoms with Crippen LogP contribution in [0.4, 0.5) is 13.2 Å². The highest BCUT2D eigenvalue weighted by Crippen LogP contribution is 2.29. The van der Waals surface area contributed by atoms with Crippen molar-refractivity contribution in [3.05, 3.63) is 29.8 Å². The van der Waals surface area contributed by atoms with E-state index in [2.05, 4.69) is 4.74 Å². The summed E-state index contributed by atoms with van der Waals surface area (Å²) in [5.41, 5.74) is -0.0446. The van der Waals surface area contributed by atoms with Gasteiger partial charge >= 0.3 is 12.1 Å². The van der Waals surface area contributed by atoms with Crippen LogP contribution in [0.15, 0.2) is 29.2 Å². The molecule has 0 amide bonds. The number of esters is 1. The van der Waals surface area contributed by atoms with Crippen molar-refractivity contribution in [2.45, 2.75) is 36.2 Å². The fourth-order valence-electron chi connectivity index (χ4n) is 2.15. The minimum atomic E-state index is -5.23. The molecule has 13 heteroatoms. The molecule has 160 valence electrons. The van der Waals surface area contributed by atoms with E-state index in [-0.39, 0.29) is 17.1 Å². The number of benzene rings is 1. The summed E-state index contributed by atoms with van der Waals surface area (Å²) >= 11 is 0. The van der Waals surface area contributed by atoms with Gasteiger partial charge in [-0.15, -0.1) is 0 Å². The highest BCUT2D eigenvalue weighted by Gasteiger charge is 2.50. The van der Waals surface area contributed by atoms with Gasteiger partial charge < -0.3 is 4.74 Å². The van der Waals surface area contributed by atoms with Crippen LogP contribution in [0.3, 0.4) is 0 Å². The van der Waals surface area contributed by atoms with Crippen molar-refractivity contribution < 1.29 is 39.5 Å². The van der Waals surface area contributed by atoms with E-state index < -0.39 is 50.4 Å². The van der Waals surface area contributed by atoms with Gasteiger partial charge in [-0.1, -0.05) is 18.2 Å². The summed E-state index contributed by atoms with van der Waals surface area (Å²) < 4.78 is 95.6. The van der Waals surface area contributed by atoms with Gasteiger partial charge in [0.1, 0.15) is 0 Å². The maximum absolute atomic E-state index is 13.2. The minimum absolute atomic E-state index is 0.0446. The normalized spacial score (nSPS) is 14.1. The van der Waals surface area contributed by atoms with Gasteiger partial charge in [-0.05, 0) is 18.6 Å². The number of carbonyl (C=O) groups excluding carboxylic acids is 1. The zero-order valence-electron chi connectivity index (χ0n) is 15.4. The summed E-state index contributed by atoms with van der Waals surface area (Å²) in [7, 11) is -6.49. The lowest BCUT2D eigenvalue weighted by molar-refractivity contribution is -0.155. The molecule has 28 heavy (non-hydrogen) atoms. The van der Waals surface area contributed by atoms with E-state index in [4.69, 9.17) is 0 Å². The third kappa shape index (κ3) is 6.15. The molecule has 0 heterocycles. The predicted molar refractivity (Wildman–Crippen MR) is 94.2 cm³/mol. The monoisotopic (exact) mass is 446 g/mol. The molecule has 0 unspecified atom stereocenters. The van der Waals surface area contributed by atoms with Crippen molar-refractivity contribution in [3.63, 3.8) is 0 Å². The van der Waals surface area contributed by atoms with Crippen LogP contribution in [0.1, 0.15) is 18.9 Å². The molecule has 0 fully saturated rings. The Morgan fingerprint density at radius 2 is 1.75 bits per heavy atom. The van der Waals surface area contributed by atoms with Gasteiger partial charge in [0.2, 0.25) is 20.0 Å². The lowest BCUT2D eigenvalue weighted by Gasteiger charge is -2.21. The molecule has 0 radical (unpaired) electrons. The summed E-state index contributed by atoms with van der Waals surface area (Å²) in [6, 6.07) is 5.29. The van der Waals surface area contributed by atoms with E-state index in [1.165, 1.54) is 45.3 Å². The third-order valence-corrected chi connectivity index (χ3v) is 7.24. The van der Waals surface area contributed by atoms with Crippen molar-refractivity contribution in [2.24, 2.45) is 0 Å². The molecule has 1 N–H and O–H groups in total. The number of nitrogens with zero attached hydrogens (tertiary/aromatic N) is 1. The van der Waals surface area contributed by atoms with Crippen LogP contribution in [-0.4, -0.2) is 59.2 Å². The second-order valence-corrected chi connectivity index (χ2v) is 9.87. The van der Waals surface area contributed by atoms with Crippen molar-refractivity contribution >= 4 is 26.0 Å². The fourth-order valence-corrected chi connectivity index (χ4v) is 4.53. The molecule has 1 rings (SSSR count). The van der Waals surface area contributed by atoms with Crippen molar-refractivity contribution in [1.82, 2.24) is 9.03 Å². The topological polar surface area (TPSA) is 110 Å².